The van der Waals surface area contributed by atoms with E-state index in [9.17, 15) is 24.0 Å². The average Bonchev–Trinajstić information content (AvgIpc) is 2.86. The molecule has 0 aliphatic carbocycles. The summed E-state index contributed by atoms with van der Waals surface area (Å²) < 4.78 is 10.8. The minimum Gasteiger partial charge on any atom is -0.496 e. The van der Waals surface area contributed by atoms with E-state index < -0.39 is 35.5 Å². The third-order valence-corrected chi connectivity index (χ3v) is 6.20. The van der Waals surface area contributed by atoms with Crippen molar-refractivity contribution in [1.29, 1.82) is 0 Å². The zero-order valence-electron chi connectivity index (χ0n) is 22.0. The van der Waals surface area contributed by atoms with Crippen molar-refractivity contribution < 1.29 is 33.4 Å². The number of carbonyl (C=O) groups is 4. The molecule has 1 heterocycles. The Labute approximate surface area is 220 Å². The third-order valence-electron chi connectivity index (χ3n) is 6.20. The fourth-order valence-electron chi connectivity index (χ4n) is 4.10. The molecule has 6 N–H and O–H groups in total. The predicted molar refractivity (Wildman–Crippen MR) is 140 cm³/mol. The summed E-state index contributed by atoms with van der Waals surface area (Å²) in [6, 6.07) is 1.92. The lowest BCUT2D eigenvalue weighted by Crippen LogP contribution is -2.48. The molecule has 0 saturated heterocycles. The van der Waals surface area contributed by atoms with Crippen LogP contribution in [0.4, 0.5) is 4.79 Å². The lowest BCUT2D eigenvalue weighted by atomic mass is 10.0. The molecule has 1 aromatic carbocycles. The van der Waals surface area contributed by atoms with Crippen molar-refractivity contribution >= 4 is 34.8 Å². The monoisotopic (exact) mass is 532 g/mol. The second-order valence-electron chi connectivity index (χ2n) is 8.99. The van der Waals surface area contributed by atoms with Gasteiger partial charge in [-0.25, -0.2) is 9.59 Å². The molecular weight excluding hydrogens is 496 g/mol. The van der Waals surface area contributed by atoms with Gasteiger partial charge in [0.15, 0.2) is 0 Å². The second-order valence-corrected chi connectivity index (χ2v) is 8.99. The lowest BCUT2D eigenvalue weighted by molar-refractivity contribution is -0.137. The van der Waals surface area contributed by atoms with E-state index >= 15 is 0 Å². The number of carbonyl (C=O) groups excluding carboxylic acids is 3. The first-order chi connectivity index (χ1) is 18.0. The number of unbranched alkanes of at least 4 members (excludes halogenated alkanes) is 2. The molecule has 0 spiro atoms. The van der Waals surface area contributed by atoms with Gasteiger partial charge in [0.2, 0.25) is 11.8 Å². The molecule has 0 aliphatic heterocycles. The Morgan fingerprint density at radius 2 is 1.74 bits per heavy atom. The zero-order valence-corrected chi connectivity index (χ0v) is 22.0. The number of aryl methyl sites for hydroxylation is 2. The Hall–Kier alpha value is -4.09. The Balaban J connectivity index is 2.09. The van der Waals surface area contributed by atoms with Crippen molar-refractivity contribution in [2.75, 3.05) is 20.2 Å². The van der Waals surface area contributed by atoms with Crippen molar-refractivity contribution in [3.63, 3.8) is 0 Å². The van der Waals surface area contributed by atoms with Crippen LogP contribution in [0.5, 0.6) is 5.75 Å². The first-order valence-electron chi connectivity index (χ1n) is 12.5. The molecule has 4 amide bonds. The number of benzene rings is 1. The number of hydrogen-bond donors (Lipinski definition) is 5. The summed E-state index contributed by atoms with van der Waals surface area (Å²) in [4.78, 5) is 60.0. The summed E-state index contributed by atoms with van der Waals surface area (Å²) >= 11 is 0. The summed E-state index contributed by atoms with van der Waals surface area (Å²) in [7, 11) is 1.52. The normalized spacial score (nSPS) is 11.6. The second kappa shape index (κ2) is 14.6. The highest BCUT2D eigenvalue weighted by atomic mass is 16.5. The maximum Gasteiger partial charge on any atom is 0.340 e. The summed E-state index contributed by atoms with van der Waals surface area (Å²) in [6.07, 6.45) is 2.10. The molecule has 208 valence electrons. The van der Waals surface area contributed by atoms with E-state index in [2.05, 4.69) is 16.0 Å². The van der Waals surface area contributed by atoms with Crippen molar-refractivity contribution in [2.24, 2.45) is 5.73 Å². The van der Waals surface area contributed by atoms with Crippen molar-refractivity contribution in [3.8, 4) is 5.75 Å². The highest BCUT2D eigenvalue weighted by Crippen LogP contribution is 2.29. The Morgan fingerprint density at radius 1 is 1.03 bits per heavy atom. The van der Waals surface area contributed by atoms with Crippen LogP contribution >= 0.6 is 0 Å². The molecular formula is C26H36N4O8. The molecule has 0 bridgehead atoms. The minimum atomic E-state index is -0.907. The van der Waals surface area contributed by atoms with Gasteiger partial charge in [0.25, 0.3) is 0 Å². The smallest absolute Gasteiger partial charge is 0.340 e. The average molecular weight is 533 g/mol. The fourth-order valence-corrected chi connectivity index (χ4v) is 4.10. The molecule has 2 rings (SSSR count). The van der Waals surface area contributed by atoms with Gasteiger partial charge in [-0.15, -0.1) is 0 Å². The van der Waals surface area contributed by atoms with E-state index in [1.807, 2.05) is 0 Å². The number of rotatable bonds is 15. The van der Waals surface area contributed by atoms with Crippen molar-refractivity contribution in [2.45, 2.75) is 64.8 Å². The van der Waals surface area contributed by atoms with Crippen LogP contribution in [0.2, 0.25) is 0 Å². The SMILES string of the molecule is COc1ccc2c(C)c(CC(=O)NC(CCCNC(N)=O)C(=O)NCCCCCC(=O)O)c(=O)oc2c1C. The van der Waals surface area contributed by atoms with E-state index in [1.54, 1.807) is 26.0 Å². The largest absolute Gasteiger partial charge is 0.496 e. The van der Waals surface area contributed by atoms with E-state index in [0.717, 1.165) is 0 Å². The molecule has 12 nitrogen and oxygen atoms in total. The van der Waals surface area contributed by atoms with Crippen LogP contribution in [0, 0.1) is 13.8 Å². The number of hydrogen-bond acceptors (Lipinski definition) is 7. The Bertz CT molecular complexity index is 1220. The number of nitrogens with two attached hydrogens (primary N) is 1. The van der Waals surface area contributed by atoms with Crippen molar-refractivity contribution in [1.82, 2.24) is 16.0 Å². The molecule has 0 radical (unpaired) electrons. The number of aliphatic carboxylic acids is 1. The highest BCUT2D eigenvalue weighted by molar-refractivity contribution is 5.90. The van der Waals surface area contributed by atoms with E-state index in [4.69, 9.17) is 20.0 Å². The standard InChI is InChI=1S/C26H36N4O8/c1-15-17-10-11-20(37-3)16(2)23(17)38-25(35)18(15)14-21(31)30-19(8-7-13-29-26(27)36)24(34)28-12-6-4-5-9-22(32)33/h10-11,19H,4-9,12-14H2,1-3H3,(H,28,34)(H,30,31)(H,32,33)(H3,27,29,36). The van der Waals surface area contributed by atoms with Crippen LogP contribution in [0.15, 0.2) is 21.3 Å². The van der Waals surface area contributed by atoms with E-state index in [-0.39, 0.29) is 31.4 Å². The fraction of sp³-hybridized carbons (Fsp3) is 0.500. The number of fused-ring (bicyclic) bond motifs is 1. The minimum absolute atomic E-state index is 0.0643. The molecule has 1 aromatic heterocycles. The van der Waals surface area contributed by atoms with Crippen LogP contribution in [-0.2, 0) is 20.8 Å². The quantitative estimate of drug-likeness (QED) is 0.169. The number of amides is 4. The van der Waals surface area contributed by atoms with Crippen LogP contribution in [0.25, 0.3) is 11.0 Å². The summed E-state index contributed by atoms with van der Waals surface area (Å²) in [5, 5.41) is 17.2. The lowest BCUT2D eigenvalue weighted by Gasteiger charge is -2.19. The molecule has 12 heteroatoms. The number of nitrogens with one attached hydrogen (secondary N) is 3. The van der Waals surface area contributed by atoms with Gasteiger partial charge < -0.3 is 35.9 Å². The van der Waals surface area contributed by atoms with Crippen LogP contribution in [0.3, 0.4) is 0 Å². The van der Waals surface area contributed by atoms with Gasteiger partial charge in [-0.05, 0) is 57.2 Å². The summed E-state index contributed by atoms with van der Waals surface area (Å²) in [6.45, 7) is 4.05. The third kappa shape index (κ3) is 8.79. The van der Waals surface area contributed by atoms with Gasteiger partial charge in [0, 0.05) is 30.5 Å². The number of primary amides is 1. The molecule has 0 saturated carbocycles. The van der Waals surface area contributed by atoms with Gasteiger partial charge in [-0.1, -0.05) is 6.42 Å². The molecule has 1 atom stereocenters. The van der Waals surface area contributed by atoms with Gasteiger partial charge in [-0.2, -0.15) is 0 Å². The first kappa shape index (κ1) is 30.1. The highest BCUT2D eigenvalue weighted by Gasteiger charge is 2.23. The van der Waals surface area contributed by atoms with Gasteiger partial charge in [-0.3, -0.25) is 14.4 Å². The van der Waals surface area contributed by atoms with Crippen LogP contribution < -0.4 is 32.0 Å². The number of methoxy groups -OCH3 is 1. The number of carboxylic acid groups (broad SMARTS) is 1. The summed E-state index contributed by atoms with van der Waals surface area (Å²) in [5.41, 5.74) is 6.28. The number of urea groups is 1. The first-order valence-corrected chi connectivity index (χ1v) is 12.5. The maximum absolute atomic E-state index is 12.9. The molecule has 0 aliphatic rings. The van der Waals surface area contributed by atoms with Crippen molar-refractivity contribution in [3.05, 3.63) is 39.2 Å². The predicted octanol–water partition coefficient (Wildman–Crippen LogP) is 1.66. The molecule has 2 aromatic rings. The van der Waals surface area contributed by atoms with Gasteiger partial charge in [0.1, 0.15) is 17.4 Å². The number of ether oxygens (including phenoxy) is 1. The topological polar surface area (TPSA) is 190 Å². The zero-order chi connectivity index (χ0) is 28.2. The van der Waals surface area contributed by atoms with E-state index in [0.29, 0.717) is 60.1 Å². The molecule has 0 fully saturated rings. The molecule has 1 unspecified atom stereocenters. The summed E-state index contributed by atoms with van der Waals surface area (Å²) in [5.74, 6) is -1.24. The number of carboxylic acids is 1. The van der Waals surface area contributed by atoms with Crippen LogP contribution in [0.1, 0.15) is 55.2 Å². The Kier molecular flexibility index (Phi) is 11.6. The van der Waals surface area contributed by atoms with Gasteiger partial charge in [0.05, 0.1) is 19.1 Å². The van der Waals surface area contributed by atoms with Crippen LogP contribution in [-0.4, -0.2) is 55.2 Å². The maximum atomic E-state index is 12.9. The molecule has 38 heavy (non-hydrogen) atoms. The van der Waals surface area contributed by atoms with Gasteiger partial charge >= 0.3 is 17.6 Å². The Morgan fingerprint density at radius 3 is 2.39 bits per heavy atom. The van der Waals surface area contributed by atoms with E-state index in [1.165, 1.54) is 7.11 Å².